The van der Waals surface area contributed by atoms with E-state index >= 15 is 0 Å². The van der Waals surface area contributed by atoms with Crippen LogP contribution in [0.1, 0.15) is 6.92 Å². The van der Waals surface area contributed by atoms with E-state index in [1.54, 1.807) is 7.05 Å². The molecule has 9 heteroatoms. The number of likely N-dealkylation sites (N-methyl/N-ethyl adjacent to an activating group) is 1. The number of hydrogen-bond donors (Lipinski definition) is 2. The molecule has 3 aliphatic heterocycles. The Morgan fingerprint density at radius 2 is 2.08 bits per heavy atom. The molecule has 26 heavy (non-hydrogen) atoms. The molecule has 1 fully saturated rings. The van der Waals surface area contributed by atoms with Gasteiger partial charge in [-0.3, -0.25) is 10.1 Å². The maximum atomic E-state index is 12.3. The zero-order valence-corrected chi connectivity index (χ0v) is 15.2. The van der Waals surface area contributed by atoms with Gasteiger partial charge in [-0.2, -0.15) is 0 Å². The Hall–Kier alpha value is -2.74. The molecule has 136 valence electrons. The number of benzene rings is 1. The topological polar surface area (TPSA) is 80.3 Å². The molecule has 8 nitrogen and oxygen atoms in total. The molecule has 0 spiro atoms. The number of hydrogen-bond acceptors (Lipinski definition) is 6. The molecule has 1 aromatic carbocycles. The summed E-state index contributed by atoms with van der Waals surface area (Å²) in [5.41, 5.74) is 1.87. The predicted molar refractivity (Wildman–Crippen MR) is 98.6 cm³/mol. The quantitative estimate of drug-likeness (QED) is 0.834. The molecule has 0 saturated carbocycles. The van der Waals surface area contributed by atoms with Crippen molar-refractivity contribution in [3.05, 3.63) is 41.2 Å². The Labute approximate surface area is 156 Å². The number of nitrogens with one attached hydrogen (secondary N) is 2. The fraction of sp³-hybridized carbons (Fsp3) is 0.353. The average molecular weight is 375 g/mol. The van der Waals surface area contributed by atoms with Crippen LogP contribution in [-0.4, -0.2) is 64.9 Å². The second-order valence-corrected chi connectivity index (χ2v) is 6.84. The lowest BCUT2D eigenvalue weighted by Crippen LogP contribution is -2.62. The number of urea groups is 1. The molecule has 1 saturated heterocycles. The van der Waals surface area contributed by atoms with Gasteiger partial charge in [0.2, 0.25) is 5.96 Å². The van der Waals surface area contributed by atoms with Crippen LogP contribution in [-0.2, 0) is 4.79 Å². The van der Waals surface area contributed by atoms with Crippen molar-refractivity contribution < 1.29 is 9.59 Å². The third-order valence-electron chi connectivity index (χ3n) is 4.79. The molecule has 3 aliphatic rings. The number of carbonyl (C=O) groups excluding carboxylic acids is 2. The number of allylic oxidation sites excluding steroid dienone is 1. The van der Waals surface area contributed by atoms with Gasteiger partial charge in [-0.25, -0.2) is 9.79 Å². The first-order valence-electron chi connectivity index (χ1n) is 8.35. The minimum absolute atomic E-state index is 0.322. The summed E-state index contributed by atoms with van der Waals surface area (Å²) in [6.07, 6.45) is 1.40. The molecular formula is C17H19ClN6O2. The molecule has 1 aromatic rings. The Morgan fingerprint density at radius 3 is 2.85 bits per heavy atom. The van der Waals surface area contributed by atoms with E-state index in [-0.39, 0.29) is 5.91 Å². The van der Waals surface area contributed by atoms with E-state index in [1.165, 1.54) is 4.90 Å². The highest BCUT2D eigenvalue weighted by Crippen LogP contribution is 2.31. The van der Waals surface area contributed by atoms with Gasteiger partial charge in [-0.15, -0.1) is 0 Å². The van der Waals surface area contributed by atoms with Crippen LogP contribution >= 0.6 is 11.6 Å². The SMILES string of the molecule is CC1=CN2C(=NC3C2C(=O)NC(=O)N3C)N1CCNc1ccccc1Cl. The van der Waals surface area contributed by atoms with Crippen LogP contribution in [0, 0.1) is 0 Å². The number of anilines is 1. The van der Waals surface area contributed by atoms with Crippen molar-refractivity contribution in [3.8, 4) is 0 Å². The van der Waals surface area contributed by atoms with Gasteiger partial charge in [-0.1, -0.05) is 23.7 Å². The lowest BCUT2D eigenvalue weighted by atomic mass is 10.1. The lowest BCUT2D eigenvalue weighted by Gasteiger charge is -2.34. The summed E-state index contributed by atoms with van der Waals surface area (Å²) in [4.78, 5) is 34.1. The van der Waals surface area contributed by atoms with E-state index < -0.39 is 18.2 Å². The number of guanidine groups is 1. The van der Waals surface area contributed by atoms with Crippen LogP contribution in [0.4, 0.5) is 10.5 Å². The number of para-hydroxylation sites is 1. The van der Waals surface area contributed by atoms with E-state index in [4.69, 9.17) is 11.6 Å². The molecule has 0 aromatic heterocycles. The number of imide groups is 1. The fourth-order valence-electron chi connectivity index (χ4n) is 3.43. The molecule has 2 atom stereocenters. The van der Waals surface area contributed by atoms with Crippen molar-refractivity contribution >= 4 is 35.2 Å². The molecule has 3 amide bonds. The molecule has 2 unspecified atom stereocenters. The normalized spacial score (nSPS) is 24.2. The summed E-state index contributed by atoms with van der Waals surface area (Å²) in [7, 11) is 1.64. The average Bonchev–Trinajstić information content (AvgIpc) is 3.11. The van der Waals surface area contributed by atoms with Gasteiger partial charge in [-0.05, 0) is 19.1 Å². The molecule has 0 radical (unpaired) electrons. The van der Waals surface area contributed by atoms with Gasteiger partial charge in [0.05, 0.1) is 10.7 Å². The summed E-state index contributed by atoms with van der Waals surface area (Å²) < 4.78 is 0. The summed E-state index contributed by atoms with van der Waals surface area (Å²) >= 11 is 6.16. The van der Waals surface area contributed by atoms with Gasteiger partial charge in [0.1, 0.15) is 0 Å². The van der Waals surface area contributed by atoms with Crippen molar-refractivity contribution in [2.75, 3.05) is 25.5 Å². The first-order chi connectivity index (χ1) is 12.5. The highest BCUT2D eigenvalue weighted by molar-refractivity contribution is 6.33. The number of fused-ring (bicyclic) bond motifs is 3. The molecule has 0 aliphatic carbocycles. The van der Waals surface area contributed by atoms with E-state index in [0.717, 1.165) is 11.4 Å². The van der Waals surface area contributed by atoms with Gasteiger partial charge in [0, 0.05) is 32.0 Å². The standard InChI is InChI=1S/C17H19ClN6O2/c1-10-9-24-13-14(22(2)17(26)21-15(13)25)20-16(24)23(10)8-7-19-12-6-4-3-5-11(12)18/h3-6,9,13-14,19H,7-8H2,1-2H3,(H,21,25,26). The first kappa shape index (κ1) is 16.7. The molecular weight excluding hydrogens is 356 g/mol. The number of halogens is 1. The van der Waals surface area contributed by atoms with Gasteiger partial charge >= 0.3 is 6.03 Å². The summed E-state index contributed by atoms with van der Waals surface area (Å²) in [6, 6.07) is 6.63. The zero-order chi connectivity index (χ0) is 18.4. The largest absolute Gasteiger partial charge is 0.382 e. The van der Waals surface area contributed by atoms with Crippen LogP contribution in [0.5, 0.6) is 0 Å². The second kappa shape index (κ2) is 6.21. The maximum absolute atomic E-state index is 12.3. The minimum Gasteiger partial charge on any atom is -0.382 e. The summed E-state index contributed by atoms with van der Waals surface area (Å²) in [6.45, 7) is 3.28. The van der Waals surface area contributed by atoms with E-state index in [2.05, 4.69) is 15.6 Å². The third kappa shape index (κ3) is 2.57. The van der Waals surface area contributed by atoms with Crippen molar-refractivity contribution in [3.63, 3.8) is 0 Å². The van der Waals surface area contributed by atoms with Crippen molar-refractivity contribution in [2.24, 2.45) is 4.99 Å². The highest BCUT2D eigenvalue weighted by atomic mass is 35.5. The van der Waals surface area contributed by atoms with Gasteiger partial charge in [0.15, 0.2) is 12.2 Å². The molecule has 3 heterocycles. The first-order valence-corrected chi connectivity index (χ1v) is 8.73. The monoisotopic (exact) mass is 374 g/mol. The van der Waals surface area contributed by atoms with Crippen LogP contribution in [0.25, 0.3) is 0 Å². The Kier molecular flexibility index (Phi) is 3.99. The van der Waals surface area contributed by atoms with E-state index in [0.29, 0.717) is 24.1 Å². The number of carbonyl (C=O) groups is 2. The van der Waals surface area contributed by atoms with E-state index in [9.17, 15) is 9.59 Å². The van der Waals surface area contributed by atoms with Crippen molar-refractivity contribution in [1.82, 2.24) is 20.0 Å². The van der Waals surface area contributed by atoms with Gasteiger partial charge in [0.25, 0.3) is 5.91 Å². The number of rotatable bonds is 4. The van der Waals surface area contributed by atoms with E-state index in [1.807, 2.05) is 47.2 Å². The highest BCUT2D eigenvalue weighted by Gasteiger charge is 2.51. The minimum atomic E-state index is -0.524. The summed E-state index contributed by atoms with van der Waals surface area (Å²) in [5.74, 6) is 0.368. The predicted octanol–water partition coefficient (Wildman–Crippen LogP) is 1.48. The van der Waals surface area contributed by atoms with Crippen LogP contribution in [0.3, 0.4) is 0 Å². The zero-order valence-electron chi connectivity index (χ0n) is 14.4. The smallest absolute Gasteiger partial charge is 0.325 e. The maximum Gasteiger partial charge on any atom is 0.325 e. The number of nitrogens with zero attached hydrogens (tertiary/aromatic N) is 4. The number of aliphatic imine (C=N–C) groups is 1. The van der Waals surface area contributed by atoms with Gasteiger partial charge < -0.3 is 20.0 Å². The number of amides is 3. The van der Waals surface area contributed by atoms with Crippen molar-refractivity contribution in [2.45, 2.75) is 19.1 Å². The Bertz CT molecular complexity index is 838. The van der Waals surface area contributed by atoms with Crippen molar-refractivity contribution in [1.29, 1.82) is 0 Å². The second-order valence-electron chi connectivity index (χ2n) is 6.43. The molecule has 0 bridgehead atoms. The fourth-order valence-corrected chi connectivity index (χ4v) is 3.63. The Balaban J connectivity index is 1.48. The third-order valence-corrected chi connectivity index (χ3v) is 5.12. The molecule has 4 rings (SSSR count). The van der Waals surface area contributed by atoms with Crippen LogP contribution in [0.2, 0.25) is 5.02 Å². The lowest BCUT2D eigenvalue weighted by molar-refractivity contribution is -0.126. The molecule has 2 N–H and O–H groups in total. The summed E-state index contributed by atoms with van der Waals surface area (Å²) in [5, 5.41) is 6.35. The van der Waals surface area contributed by atoms with Crippen LogP contribution < -0.4 is 10.6 Å². The van der Waals surface area contributed by atoms with Crippen LogP contribution in [0.15, 0.2) is 41.2 Å². The Morgan fingerprint density at radius 1 is 1.31 bits per heavy atom.